The summed E-state index contributed by atoms with van der Waals surface area (Å²) in [5, 5.41) is 0. The summed E-state index contributed by atoms with van der Waals surface area (Å²) in [5.74, 6) is -1.46. The minimum Gasteiger partial charge on any atom is -0.465 e. The number of halogens is 1. The van der Waals surface area contributed by atoms with Crippen molar-refractivity contribution >= 4 is 23.2 Å². The van der Waals surface area contributed by atoms with Gasteiger partial charge in [-0.25, -0.2) is 14.2 Å². The first-order valence-corrected chi connectivity index (χ1v) is 4.60. The highest BCUT2D eigenvalue weighted by Crippen LogP contribution is 2.26. The Morgan fingerprint density at radius 2 is 2.25 bits per heavy atom. The molecule has 0 unspecified atom stereocenters. The number of ether oxygens (including phenoxy) is 1. The number of aliphatic imine (C=N–C) groups is 1. The molecule has 0 spiro atoms. The molecular formula is C11H8FNO3. The monoisotopic (exact) mass is 221 g/mol. The quantitative estimate of drug-likeness (QED) is 0.677. The lowest BCUT2D eigenvalue weighted by Crippen LogP contribution is -2.22. The standard InChI is InChI=1S/C11H8FNO3/c1-16-11(15)9-5-10(14)7-4-6(12)2-3-8(7)13-9/h2-4H,5H2,1H3. The van der Waals surface area contributed by atoms with Gasteiger partial charge in [-0.2, -0.15) is 0 Å². The molecule has 1 aliphatic heterocycles. The minimum atomic E-state index is -0.636. The molecule has 1 aromatic carbocycles. The van der Waals surface area contributed by atoms with Crippen molar-refractivity contribution in [1.29, 1.82) is 0 Å². The van der Waals surface area contributed by atoms with E-state index in [0.29, 0.717) is 5.69 Å². The molecule has 16 heavy (non-hydrogen) atoms. The molecule has 0 amide bonds. The topological polar surface area (TPSA) is 55.7 Å². The molecule has 0 atom stereocenters. The Morgan fingerprint density at radius 3 is 2.94 bits per heavy atom. The summed E-state index contributed by atoms with van der Waals surface area (Å²) in [6.45, 7) is 0. The van der Waals surface area contributed by atoms with Gasteiger partial charge in [0.2, 0.25) is 0 Å². The molecule has 1 aromatic rings. The van der Waals surface area contributed by atoms with Crippen molar-refractivity contribution < 1.29 is 18.7 Å². The van der Waals surface area contributed by atoms with Crippen LogP contribution in [0.5, 0.6) is 0 Å². The van der Waals surface area contributed by atoms with Gasteiger partial charge in [0.1, 0.15) is 11.5 Å². The number of ketones is 1. The number of carbonyl (C=O) groups is 2. The number of hydrogen-bond donors (Lipinski definition) is 0. The van der Waals surface area contributed by atoms with E-state index in [1.54, 1.807) is 0 Å². The molecule has 1 aliphatic rings. The summed E-state index contributed by atoms with van der Waals surface area (Å²) < 4.78 is 17.4. The summed E-state index contributed by atoms with van der Waals surface area (Å²) in [4.78, 5) is 26.8. The van der Waals surface area contributed by atoms with Crippen molar-refractivity contribution in [3.63, 3.8) is 0 Å². The van der Waals surface area contributed by atoms with Gasteiger partial charge in [0.15, 0.2) is 5.78 Å². The van der Waals surface area contributed by atoms with E-state index < -0.39 is 11.8 Å². The van der Waals surface area contributed by atoms with E-state index in [9.17, 15) is 14.0 Å². The van der Waals surface area contributed by atoms with Gasteiger partial charge in [-0.1, -0.05) is 0 Å². The highest BCUT2D eigenvalue weighted by atomic mass is 19.1. The maximum Gasteiger partial charge on any atom is 0.352 e. The lowest BCUT2D eigenvalue weighted by Gasteiger charge is -2.12. The molecule has 0 bridgehead atoms. The van der Waals surface area contributed by atoms with E-state index in [1.165, 1.54) is 19.2 Å². The van der Waals surface area contributed by atoms with E-state index in [1.807, 2.05) is 0 Å². The smallest absolute Gasteiger partial charge is 0.352 e. The maximum atomic E-state index is 12.9. The molecular weight excluding hydrogens is 213 g/mol. The Balaban J connectivity index is 2.49. The first-order valence-electron chi connectivity index (χ1n) is 4.60. The zero-order valence-corrected chi connectivity index (χ0v) is 8.49. The lowest BCUT2D eigenvalue weighted by molar-refractivity contribution is -0.132. The second kappa shape index (κ2) is 3.84. The first-order chi connectivity index (χ1) is 7.61. The van der Waals surface area contributed by atoms with Gasteiger partial charge in [0.25, 0.3) is 0 Å². The van der Waals surface area contributed by atoms with Crippen molar-refractivity contribution in [2.75, 3.05) is 7.11 Å². The summed E-state index contributed by atoms with van der Waals surface area (Å²) in [6.07, 6.45) is -0.150. The number of carbonyl (C=O) groups excluding carboxylic acids is 2. The zero-order chi connectivity index (χ0) is 11.7. The number of fused-ring (bicyclic) bond motifs is 1. The minimum absolute atomic E-state index is 0.0478. The highest BCUT2D eigenvalue weighted by molar-refractivity contribution is 6.42. The van der Waals surface area contributed by atoms with Gasteiger partial charge in [0, 0.05) is 5.56 Å². The van der Waals surface area contributed by atoms with Gasteiger partial charge in [-0.15, -0.1) is 0 Å². The molecule has 5 heteroatoms. The number of nitrogens with zero attached hydrogens (tertiary/aromatic N) is 1. The number of esters is 1. The van der Waals surface area contributed by atoms with Gasteiger partial charge in [-0.3, -0.25) is 4.79 Å². The molecule has 0 N–H and O–H groups in total. The number of benzene rings is 1. The average Bonchev–Trinajstić information content (AvgIpc) is 2.28. The average molecular weight is 221 g/mol. The molecule has 0 radical (unpaired) electrons. The molecule has 0 aliphatic carbocycles. The second-order valence-corrected chi connectivity index (χ2v) is 3.31. The Morgan fingerprint density at radius 1 is 1.50 bits per heavy atom. The molecule has 0 fully saturated rings. The van der Waals surface area contributed by atoms with Crippen molar-refractivity contribution in [3.8, 4) is 0 Å². The summed E-state index contributed by atoms with van der Waals surface area (Å²) in [7, 11) is 1.22. The van der Waals surface area contributed by atoms with Gasteiger partial charge < -0.3 is 4.74 Å². The zero-order valence-electron chi connectivity index (χ0n) is 8.49. The molecule has 0 aromatic heterocycles. The van der Waals surface area contributed by atoms with Gasteiger partial charge in [0.05, 0.1) is 19.2 Å². The highest BCUT2D eigenvalue weighted by Gasteiger charge is 2.24. The van der Waals surface area contributed by atoms with Crippen LogP contribution in [0, 0.1) is 5.82 Å². The normalized spacial score (nSPS) is 14.1. The summed E-state index contributed by atoms with van der Waals surface area (Å²) in [5.41, 5.74) is 0.553. The van der Waals surface area contributed by atoms with Crippen molar-refractivity contribution in [2.24, 2.45) is 4.99 Å². The number of methoxy groups -OCH3 is 1. The predicted molar refractivity (Wildman–Crippen MR) is 54.5 cm³/mol. The molecule has 4 nitrogen and oxygen atoms in total. The molecule has 1 heterocycles. The molecule has 2 rings (SSSR count). The number of rotatable bonds is 1. The van der Waals surface area contributed by atoms with Crippen LogP contribution in [0.15, 0.2) is 23.2 Å². The van der Waals surface area contributed by atoms with E-state index in [0.717, 1.165) is 6.07 Å². The Labute approximate surface area is 90.7 Å². The molecule has 0 saturated heterocycles. The Hall–Kier alpha value is -2.04. The van der Waals surface area contributed by atoms with Crippen LogP contribution in [0.25, 0.3) is 0 Å². The summed E-state index contributed by atoms with van der Waals surface area (Å²) in [6, 6.07) is 3.68. The molecule has 0 saturated carbocycles. The van der Waals surface area contributed by atoms with E-state index >= 15 is 0 Å². The maximum absolute atomic E-state index is 12.9. The Kier molecular flexibility index (Phi) is 2.52. The fraction of sp³-hybridized carbons (Fsp3) is 0.182. The molecule has 82 valence electrons. The van der Waals surface area contributed by atoms with Crippen LogP contribution in [0.1, 0.15) is 16.8 Å². The van der Waals surface area contributed by atoms with Gasteiger partial charge in [-0.05, 0) is 18.2 Å². The van der Waals surface area contributed by atoms with Crippen molar-refractivity contribution in [1.82, 2.24) is 0 Å². The van der Waals surface area contributed by atoms with Crippen LogP contribution >= 0.6 is 0 Å². The van der Waals surface area contributed by atoms with Crippen LogP contribution in [0.3, 0.4) is 0 Å². The van der Waals surface area contributed by atoms with Gasteiger partial charge >= 0.3 is 5.97 Å². The van der Waals surface area contributed by atoms with E-state index in [4.69, 9.17) is 0 Å². The fourth-order valence-electron chi connectivity index (χ4n) is 1.50. The third-order valence-electron chi connectivity index (χ3n) is 2.26. The lowest BCUT2D eigenvalue weighted by atomic mass is 10.00. The predicted octanol–water partition coefficient (Wildman–Crippen LogP) is 1.66. The van der Waals surface area contributed by atoms with E-state index in [-0.39, 0.29) is 23.5 Å². The van der Waals surface area contributed by atoms with Crippen LogP contribution < -0.4 is 0 Å². The fourth-order valence-corrected chi connectivity index (χ4v) is 1.50. The van der Waals surface area contributed by atoms with Crippen LogP contribution in [-0.4, -0.2) is 24.6 Å². The van der Waals surface area contributed by atoms with E-state index in [2.05, 4.69) is 9.73 Å². The number of Topliss-reactive ketones (excluding diaryl/α,β-unsaturated/α-hetero) is 1. The second-order valence-electron chi connectivity index (χ2n) is 3.31. The SMILES string of the molecule is COC(=O)C1=Nc2ccc(F)cc2C(=O)C1. The van der Waals surface area contributed by atoms with Crippen LogP contribution in [0.4, 0.5) is 10.1 Å². The van der Waals surface area contributed by atoms with Crippen molar-refractivity contribution in [2.45, 2.75) is 6.42 Å². The van der Waals surface area contributed by atoms with Crippen molar-refractivity contribution in [3.05, 3.63) is 29.6 Å². The third kappa shape index (κ3) is 1.71. The third-order valence-corrected chi connectivity index (χ3v) is 2.26. The Bertz CT molecular complexity index is 508. The largest absolute Gasteiger partial charge is 0.465 e. The first kappa shape index (κ1) is 10.5. The van der Waals surface area contributed by atoms with Crippen LogP contribution in [0.2, 0.25) is 0 Å². The van der Waals surface area contributed by atoms with Crippen LogP contribution in [-0.2, 0) is 9.53 Å². The number of hydrogen-bond acceptors (Lipinski definition) is 4. The summed E-state index contributed by atoms with van der Waals surface area (Å²) >= 11 is 0.